The van der Waals surface area contributed by atoms with E-state index in [-0.39, 0.29) is 29.1 Å². The molecule has 5 heteroatoms. The van der Waals surface area contributed by atoms with Crippen molar-refractivity contribution >= 4 is 5.97 Å². The van der Waals surface area contributed by atoms with Crippen molar-refractivity contribution in [1.29, 1.82) is 0 Å². The van der Waals surface area contributed by atoms with Crippen LogP contribution in [-0.2, 0) is 9.47 Å². The molecule has 1 saturated carbocycles. The number of pyridine rings is 1. The molecule has 0 amide bonds. The molecule has 2 fully saturated rings. The molecule has 0 radical (unpaired) electrons. The van der Waals surface area contributed by atoms with Gasteiger partial charge in [-0.15, -0.1) is 0 Å². The highest BCUT2D eigenvalue weighted by Crippen LogP contribution is 2.53. The summed E-state index contributed by atoms with van der Waals surface area (Å²) in [7, 11) is 0. The van der Waals surface area contributed by atoms with Gasteiger partial charge in [-0.2, -0.15) is 0 Å². The van der Waals surface area contributed by atoms with Crippen molar-refractivity contribution in [3.63, 3.8) is 0 Å². The number of ether oxygens (including phenoxy) is 2. The van der Waals surface area contributed by atoms with Crippen LogP contribution in [0.15, 0.2) is 41.2 Å². The molecule has 27 heavy (non-hydrogen) atoms. The molecular formula is C22H25NO4. The number of esters is 1. The Morgan fingerprint density at radius 3 is 2.74 bits per heavy atom. The third-order valence-corrected chi connectivity index (χ3v) is 6.00. The maximum atomic E-state index is 12.8. The van der Waals surface area contributed by atoms with Crippen LogP contribution in [0.4, 0.5) is 0 Å². The van der Waals surface area contributed by atoms with Gasteiger partial charge >= 0.3 is 5.97 Å². The molecule has 2 heterocycles. The number of H-pyrrole nitrogens is 1. The van der Waals surface area contributed by atoms with Gasteiger partial charge in [-0.1, -0.05) is 44.2 Å². The van der Waals surface area contributed by atoms with Gasteiger partial charge in [0.2, 0.25) is 0 Å². The second kappa shape index (κ2) is 6.64. The molecule has 1 aromatic carbocycles. The maximum Gasteiger partial charge on any atom is 0.344 e. The van der Waals surface area contributed by atoms with E-state index in [2.05, 4.69) is 18.8 Å². The van der Waals surface area contributed by atoms with Gasteiger partial charge < -0.3 is 14.5 Å². The van der Waals surface area contributed by atoms with E-state index in [9.17, 15) is 9.59 Å². The number of aromatic nitrogens is 1. The molecule has 1 aliphatic carbocycles. The van der Waals surface area contributed by atoms with Crippen molar-refractivity contribution in [1.82, 2.24) is 4.98 Å². The van der Waals surface area contributed by atoms with E-state index in [4.69, 9.17) is 9.47 Å². The third-order valence-electron chi connectivity index (χ3n) is 6.00. The lowest BCUT2D eigenvalue weighted by Gasteiger charge is -2.58. The Balaban J connectivity index is 1.62. The van der Waals surface area contributed by atoms with Gasteiger partial charge in [0.05, 0.1) is 6.10 Å². The second-order valence-electron chi connectivity index (χ2n) is 8.16. The summed E-state index contributed by atoms with van der Waals surface area (Å²) in [5.74, 6) is -0.341. The lowest BCUT2D eigenvalue weighted by atomic mass is 9.57. The molecule has 142 valence electrons. The number of aryl methyl sites for hydroxylation is 1. The molecule has 1 saturated heterocycles. The molecule has 2 aromatic rings. The Bertz CT molecular complexity index is 916. The van der Waals surface area contributed by atoms with Gasteiger partial charge in [0.1, 0.15) is 11.7 Å². The van der Waals surface area contributed by atoms with E-state index >= 15 is 0 Å². The van der Waals surface area contributed by atoms with Gasteiger partial charge in [0.15, 0.2) is 0 Å². The van der Waals surface area contributed by atoms with E-state index < -0.39 is 11.5 Å². The minimum absolute atomic E-state index is 0.0513. The summed E-state index contributed by atoms with van der Waals surface area (Å²) in [6, 6.07) is 11.3. The van der Waals surface area contributed by atoms with Crippen LogP contribution in [0.1, 0.15) is 42.7 Å². The van der Waals surface area contributed by atoms with Crippen LogP contribution in [0.2, 0.25) is 0 Å². The summed E-state index contributed by atoms with van der Waals surface area (Å²) in [6.07, 6.45) is 1.87. The fraction of sp³-hybridized carbons (Fsp3) is 0.455. The van der Waals surface area contributed by atoms with Gasteiger partial charge in [0.25, 0.3) is 5.56 Å². The Morgan fingerprint density at radius 2 is 2.00 bits per heavy atom. The number of benzene rings is 1. The summed E-state index contributed by atoms with van der Waals surface area (Å²) in [5.41, 5.74) is 1.91. The van der Waals surface area contributed by atoms with Crippen LogP contribution < -0.4 is 5.56 Å². The first-order valence-corrected chi connectivity index (χ1v) is 9.51. The SMILES string of the molecule is Cc1[nH]c(=O)c(C(=O)O[C@@H]2[C@H]3CCCO[C@H]3C2(C)C)cc1-c1ccccc1. The van der Waals surface area contributed by atoms with E-state index in [0.29, 0.717) is 0 Å². The predicted molar refractivity (Wildman–Crippen MR) is 103 cm³/mol. The molecule has 1 aromatic heterocycles. The molecule has 0 bridgehead atoms. The minimum atomic E-state index is -0.560. The highest BCUT2D eigenvalue weighted by atomic mass is 16.6. The van der Waals surface area contributed by atoms with E-state index in [1.165, 1.54) is 0 Å². The topological polar surface area (TPSA) is 68.4 Å². The zero-order valence-electron chi connectivity index (χ0n) is 16.0. The Labute approximate surface area is 158 Å². The van der Waals surface area contributed by atoms with Crippen molar-refractivity contribution < 1.29 is 14.3 Å². The molecule has 1 N–H and O–H groups in total. The van der Waals surface area contributed by atoms with Gasteiger partial charge in [-0.25, -0.2) is 4.79 Å². The average Bonchev–Trinajstić information content (AvgIpc) is 2.66. The van der Waals surface area contributed by atoms with E-state index in [1.807, 2.05) is 37.3 Å². The third kappa shape index (κ3) is 3.00. The van der Waals surface area contributed by atoms with Crippen LogP contribution in [0.5, 0.6) is 0 Å². The van der Waals surface area contributed by atoms with Crippen LogP contribution in [-0.4, -0.2) is 29.8 Å². The first-order chi connectivity index (χ1) is 12.9. The van der Waals surface area contributed by atoms with Crippen molar-refractivity contribution in [3.05, 3.63) is 58.0 Å². The van der Waals surface area contributed by atoms with E-state index in [0.717, 1.165) is 36.3 Å². The predicted octanol–water partition coefficient (Wildman–Crippen LogP) is 3.71. The quantitative estimate of drug-likeness (QED) is 0.840. The number of aromatic amines is 1. The second-order valence-corrected chi connectivity index (χ2v) is 8.16. The van der Waals surface area contributed by atoms with Crippen molar-refractivity contribution in [2.24, 2.45) is 11.3 Å². The smallest absolute Gasteiger partial charge is 0.344 e. The normalized spacial score (nSPS) is 26.0. The standard InChI is InChI=1S/C22H25NO4/c1-13-16(14-8-5-4-6-9-14)12-17(20(24)23-13)21(25)27-19-15-10-7-11-26-18(15)22(19,2)3/h4-6,8-9,12,15,18-19H,7,10-11H2,1-3H3,(H,23,24)/t15-,18+,19+/m0/s1. The maximum absolute atomic E-state index is 12.8. The number of carbonyl (C=O) groups excluding carboxylic acids is 1. The Kier molecular flexibility index (Phi) is 4.42. The monoisotopic (exact) mass is 367 g/mol. The summed E-state index contributed by atoms with van der Waals surface area (Å²) in [5, 5.41) is 0. The molecule has 0 spiro atoms. The zero-order chi connectivity index (χ0) is 19.2. The number of nitrogens with one attached hydrogen (secondary N) is 1. The number of hydrogen-bond donors (Lipinski definition) is 1. The number of fused-ring (bicyclic) bond motifs is 1. The van der Waals surface area contributed by atoms with Crippen molar-refractivity contribution in [2.75, 3.05) is 6.61 Å². The number of hydrogen-bond acceptors (Lipinski definition) is 4. The highest BCUT2D eigenvalue weighted by molar-refractivity contribution is 5.91. The molecule has 2 aliphatic rings. The number of rotatable bonds is 3. The minimum Gasteiger partial charge on any atom is -0.458 e. The van der Waals surface area contributed by atoms with Crippen molar-refractivity contribution in [3.8, 4) is 11.1 Å². The molecule has 5 nitrogen and oxygen atoms in total. The fourth-order valence-corrected chi connectivity index (χ4v) is 4.59. The first-order valence-electron chi connectivity index (χ1n) is 9.51. The van der Waals surface area contributed by atoms with E-state index in [1.54, 1.807) is 6.07 Å². The molecule has 1 aliphatic heterocycles. The Morgan fingerprint density at radius 1 is 1.26 bits per heavy atom. The average molecular weight is 367 g/mol. The first kappa shape index (κ1) is 18.0. The van der Waals surface area contributed by atoms with Gasteiger partial charge in [0, 0.05) is 29.2 Å². The highest BCUT2D eigenvalue weighted by Gasteiger charge is 2.60. The van der Waals surface area contributed by atoms with Crippen LogP contribution in [0.3, 0.4) is 0 Å². The summed E-state index contributed by atoms with van der Waals surface area (Å²) >= 11 is 0. The van der Waals surface area contributed by atoms with Gasteiger partial charge in [-0.3, -0.25) is 4.79 Å². The molecular weight excluding hydrogens is 342 g/mol. The van der Waals surface area contributed by atoms with Gasteiger partial charge in [-0.05, 0) is 31.4 Å². The van der Waals surface area contributed by atoms with Crippen molar-refractivity contribution in [2.45, 2.75) is 45.8 Å². The molecule has 3 atom stereocenters. The fourth-order valence-electron chi connectivity index (χ4n) is 4.59. The summed E-state index contributed by atoms with van der Waals surface area (Å²) in [4.78, 5) is 28.1. The summed E-state index contributed by atoms with van der Waals surface area (Å²) in [6.45, 7) is 6.72. The van der Waals surface area contributed by atoms with Crippen LogP contribution in [0, 0.1) is 18.3 Å². The molecule has 0 unspecified atom stereocenters. The molecule has 4 rings (SSSR count). The Hall–Kier alpha value is -2.40. The van der Waals surface area contributed by atoms with Crippen LogP contribution in [0.25, 0.3) is 11.1 Å². The largest absolute Gasteiger partial charge is 0.458 e. The van der Waals surface area contributed by atoms with Crippen LogP contribution >= 0.6 is 0 Å². The zero-order valence-corrected chi connectivity index (χ0v) is 16.0. The summed E-state index contributed by atoms with van der Waals surface area (Å²) < 4.78 is 11.7. The lowest BCUT2D eigenvalue weighted by Crippen LogP contribution is -2.65. The number of carbonyl (C=O) groups is 1. The lowest BCUT2D eigenvalue weighted by molar-refractivity contribution is -0.243.